The number of aromatic amines is 1. The summed E-state index contributed by atoms with van der Waals surface area (Å²) < 4.78 is 0. The van der Waals surface area contributed by atoms with Crippen molar-refractivity contribution in [2.75, 3.05) is 44.6 Å². The van der Waals surface area contributed by atoms with Gasteiger partial charge in [0.2, 0.25) is 5.95 Å². The van der Waals surface area contributed by atoms with Gasteiger partial charge in [0.1, 0.15) is 0 Å². The average Bonchev–Trinajstić information content (AvgIpc) is 2.60. The molecule has 2 heterocycles. The molecule has 6 heteroatoms. The van der Waals surface area contributed by atoms with E-state index in [0.29, 0.717) is 17.4 Å². The summed E-state index contributed by atoms with van der Waals surface area (Å²) in [6.45, 7) is 10.8. The molecule has 0 saturated carbocycles. The maximum Gasteiger partial charge on any atom is 0.260 e. The number of hydrogen-bond acceptors (Lipinski definition) is 5. The summed E-state index contributed by atoms with van der Waals surface area (Å²) >= 11 is 0. The molecule has 2 aromatic rings. The Morgan fingerprint density at radius 2 is 2.00 bits per heavy atom. The summed E-state index contributed by atoms with van der Waals surface area (Å²) in [5.41, 5.74) is 0.630. The number of piperazine rings is 1. The fourth-order valence-electron chi connectivity index (χ4n) is 3.06. The molecule has 0 aliphatic carbocycles. The van der Waals surface area contributed by atoms with Gasteiger partial charge in [0.15, 0.2) is 0 Å². The minimum absolute atomic E-state index is 0.0951. The largest absolute Gasteiger partial charge is 0.354 e. The second-order valence-corrected chi connectivity index (χ2v) is 6.13. The molecule has 23 heavy (non-hydrogen) atoms. The first kappa shape index (κ1) is 16.0. The molecule has 0 amide bonds. The zero-order valence-electron chi connectivity index (χ0n) is 13.9. The number of anilines is 1. The Morgan fingerprint density at radius 3 is 2.74 bits per heavy atom. The Morgan fingerprint density at radius 1 is 1.26 bits per heavy atom. The third-order valence-corrected chi connectivity index (χ3v) is 4.66. The SMILES string of the molecule is CCN1CCN(C(C)CNc2nc3ccccc3c(=O)[nH]2)CC1. The first-order chi connectivity index (χ1) is 11.2. The van der Waals surface area contributed by atoms with Crippen LogP contribution in [0.3, 0.4) is 0 Å². The van der Waals surface area contributed by atoms with Gasteiger partial charge < -0.3 is 10.2 Å². The van der Waals surface area contributed by atoms with Crippen LogP contribution in [0.1, 0.15) is 13.8 Å². The normalized spacial score (nSPS) is 18.2. The van der Waals surface area contributed by atoms with Crippen LogP contribution in [0.5, 0.6) is 0 Å². The number of nitrogens with one attached hydrogen (secondary N) is 2. The van der Waals surface area contributed by atoms with Crippen LogP contribution in [0, 0.1) is 0 Å². The lowest BCUT2D eigenvalue weighted by molar-refractivity contribution is 0.110. The molecule has 1 saturated heterocycles. The maximum atomic E-state index is 12.1. The van der Waals surface area contributed by atoms with E-state index in [2.05, 4.69) is 38.9 Å². The lowest BCUT2D eigenvalue weighted by atomic mass is 10.2. The Balaban J connectivity index is 1.61. The van der Waals surface area contributed by atoms with E-state index < -0.39 is 0 Å². The van der Waals surface area contributed by atoms with Crippen LogP contribution in [0.15, 0.2) is 29.1 Å². The highest BCUT2D eigenvalue weighted by Gasteiger charge is 2.20. The van der Waals surface area contributed by atoms with Gasteiger partial charge in [0.05, 0.1) is 10.9 Å². The van der Waals surface area contributed by atoms with E-state index in [-0.39, 0.29) is 5.56 Å². The summed E-state index contributed by atoms with van der Waals surface area (Å²) in [5, 5.41) is 3.90. The van der Waals surface area contributed by atoms with E-state index in [1.54, 1.807) is 6.07 Å². The van der Waals surface area contributed by atoms with Crippen LogP contribution in [0.25, 0.3) is 10.9 Å². The van der Waals surface area contributed by atoms with Gasteiger partial charge in [-0.2, -0.15) is 0 Å². The third-order valence-electron chi connectivity index (χ3n) is 4.66. The molecule has 1 aliphatic rings. The van der Waals surface area contributed by atoms with Gasteiger partial charge in [0, 0.05) is 38.8 Å². The van der Waals surface area contributed by atoms with Gasteiger partial charge in [-0.1, -0.05) is 19.1 Å². The van der Waals surface area contributed by atoms with E-state index in [0.717, 1.165) is 44.8 Å². The third kappa shape index (κ3) is 3.71. The lowest BCUT2D eigenvalue weighted by Crippen LogP contribution is -2.51. The molecule has 0 radical (unpaired) electrons. The van der Waals surface area contributed by atoms with E-state index in [1.807, 2.05) is 18.2 Å². The van der Waals surface area contributed by atoms with Crippen LogP contribution in [0.4, 0.5) is 5.95 Å². The fourth-order valence-corrected chi connectivity index (χ4v) is 3.06. The Kier molecular flexibility index (Phi) is 4.93. The van der Waals surface area contributed by atoms with E-state index >= 15 is 0 Å². The minimum Gasteiger partial charge on any atom is -0.354 e. The summed E-state index contributed by atoms with van der Waals surface area (Å²) in [5.74, 6) is 0.549. The number of hydrogen-bond donors (Lipinski definition) is 2. The summed E-state index contributed by atoms with van der Waals surface area (Å²) in [7, 11) is 0. The van der Waals surface area contributed by atoms with Crippen molar-refractivity contribution in [2.24, 2.45) is 0 Å². The second-order valence-electron chi connectivity index (χ2n) is 6.13. The molecule has 0 bridgehead atoms. The van der Waals surface area contributed by atoms with Crippen LogP contribution in [-0.4, -0.2) is 65.1 Å². The van der Waals surface area contributed by atoms with E-state index in [1.165, 1.54) is 0 Å². The van der Waals surface area contributed by atoms with Crippen LogP contribution < -0.4 is 10.9 Å². The zero-order valence-corrected chi connectivity index (χ0v) is 13.9. The molecule has 1 aromatic carbocycles. The molecule has 6 nitrogen and oxygen atoms in total. The fraction of sp³-hybridized carbons (Fsp3) is 0.529. The Bertz CT molecular complexity index is 705. The van der Waals surface area contributed by atoms with Gasteiger partial charge in [-0.25, -0.2) is 4.98 Å². The standard InChI is InChI=1S/C17H25N5O/c1-3-21-8-10-22(11-9-21)13(2)12-18-17-19-15-7-5-4-6-14(15)16(23)20-17/h4-7,13H,3,8-12H2,1-2H3,(H2,18,19,20,23). The van der Waals surface area contributed by atoms with Crippen LogP contribution in [0.2, 0.25) is 0 Å². The second kappa shape index (κ2) is 7.10. The van der Waals surface area contributed by atoms with Crippen molar-refractivity contribution in [3.8, 4) is 0 Å². The number of H-pyrrole nitrogens is 1. The van der Waals surface area contributed by atoms with Crippen molar-refractivity contribution in [3.63, 3.8) is 0 Å². The molecule has 1 fully saturated rings. The number of fused-ring (bicyclic) bond motifs is 1. The van der Waals surface area contributed by atoms with Crippen molar-refractivity contribution in [2.45, 2.75) is 19.9 Å². The summed E-state index contributed by atoms with van der Waals surface area (Å²) in [6, 6.07) is 7.81. The molecular weight excluding hydrogens is 290 g/mol. The highest BCUT2D eigenvalue weighted by atomic mass is 16.1. The van der Waals surface area contributed by atoms with Crippen molar-refractivity contribution < 1.29 is 0 Å². The highest BCUT2D eigenvalue weighted by Crippen LogP contribution is 2.09. The van der Waals surface area contributed by atoms with Gasteiger partial charge in [-0.3, -0.25) is 14.7 Å². The quantitative estimate of drug-likeness (QED) is 0.872. The van der Waals surface area contributed by atoms with Gasteiger partial charge in [0.25, 0.3) is 5.56 Å². The number of rotatable bonds is 5. The first-order valence-electron chi connectivity index (χ1n) is 8.36. The molecular formula is C17H25N5O. The van der Waals surface area contributed by atoms with Gasteiger partial charge in [-0.15, -0.1) is 0 Å². The number of likely N-dealkylation sites (N-methyl/N-ethyl adjacent to an activating group) is 1. The number of aromatic nitrogens is 2. The minimum atomic E-state index is -0.0951. The van der Waals surface area contributed by atoms with E-state index in [4.69, 9.17) is 0 Å². The number of para-hydroxylation sites is 1. The van der Waals surface area contributed by atoms with Gasteiger partial charge in [-0.05, 0) is 25.6 Å². The molecule has 0 spiro atoms. The summed E-state index contributed by atoms with van der Waals surface area (Å²) in [4.78, 5) is 24.3. The highest BCUT2D eigenvalue weighted by molar-refractivity contribution is 5.78. The molecule has 1 aliphatic heterocycles. The Hall–Kier alpha value is -1.92. The molecule has 2 N–H and O–H groups in total. The predicted octanol–water partition coefficient (Wildman–Crippen LogP) is 1.36. The lowest BCUT2D eigenvalue weighted by Gasteiger charge is -2.37. The van der Waals surface area contributed by atoms with Crippen molar-refractivity contribution in [3.05, 3.63) is 34.6 Å². The average molecular weight is 315 g/mol. The maximum absolute atomic E-state index is 12.1. The predicted molar refractivity (Wildman–Crippen MR) is 94.0 cm³/mol. The molecule has 1 atom stereocenters. The monoisotopic (exact) mass is 315 g/mol. The van der Waals surface area contributed by atoms with Crippen LogP contribution in [-0.2, 0) is 0 Å². The number of nitrogens with zero attached hydrogens (tertiary/aromatic N) is 3. The van der Waals surface area contributed by atoms with Crippen molar-refractivity contribution in [1.82, 2.24) is 19.8 Å². The molecule has 1 unspecified atom stereocenters. The molecule has 3 rings (SSSR count). The van der Waals surface area contributed by atoms with Crippen LogP contribution >= 0.6 is 0 Å². The topological polar surface area (TPSA) is 64.3 Å². The smallest absolute Gasteiger partial charge is 0.260 e. The van der Waals surface area contributed by atoms with Crippen molar-refractivity contribution in [1.29, 1.82) is 0 Å². The zero-order chi connectivity index (χ0) is 16.2. The Labute approximate surface area is 136 Å². The molecule has 1 aromatic heterocycles. The van der Waals surface area contributed by atoms with Crippen molar-refractivity contribution >= 4 is 16.9 Å². The summed E-state index contributed by atoms with van der Waals surface area (Å²) in [6.07, 6.45) is 0. The number of benzene rings is 1. The van der Waals surface area contributed by atoms with E-state index in [9.17, 15) is 4.79 Å². The first-order valence-corrected chi connectivity index (χ1v) is 8.36. The molecule has 124 valence electrons. The van der Waals surface area contributed by atoms with Gasteiger partial charge >= 0.3 is 0 Å².